The van der Waals surface area contributed by atoms with Gasteiger partial charge in [-0.3, -0.25) is 0 Å². The number of ether oxygens (including phenoxy) is 1. The van der Waals surface area contributed by atoms with Gasteiger partial charge in [-0.2, -0.15) is 0 Å². The first-order chi connectivity index (χ1) is 8.61. The van der Waals surface area contributed by atoms with Crippen LogP contribution in [0, 0.1) is 6.92 Å². The fourth-order valence-corrected chi connectivity index (χ4v) is 1.71. The summed E-state index contributed by atoms with van der Waals surface area (Å²) in [4.78, 5) is 0. The van der Waals surface area contributed by atoms with Gasteiger partial charge in [-0.1, -0.05) is 17.7 Å². The average Bonchev–Trinajstić information content (AvgIpc) is 2.68. The Hall–Kier alpha value is -1.59. The van der Waals surface area contributed by atoms with Crippen molar-refractivity contribution in [3.05, 3.63) is 40.4 Å². The van der Waals surface area contributed by atoms with E-state index in [0.29, 0.717) is 23.9 Å². The predicted molar refractivity (Wildman–Crippen MR) is 69.4 cm³/mol. The summed E-state index contributed by atoms with van der Waals surface area (Å²) in [6.45, 7) is 2.64. The lowest BCUT2D eigenvalue weighted by Crippen LogP contribution is -2.07. The van der Waals surface area contributed by atoms with Crippen LogP contribution in [-0.4, -0.2) is 14.8 Å². The number of hydrogen-bond donors (Lipinski definition) is 1. The molecule has 5 nitrogen and oxygen atoms in total. The highest BCUT2D eigenvalue weighted by molar-refractivity contribution is 6.30. The molecule has 0 saturated heterocycles. The summed E-state index contributed by atoms with van der Waals surface area (Å²) in [5, 5.41) is 8.62. The lowest BCUT2D eigenvalue weighted by Gasteiger charge is -2.10. The number of aromatic nitrogens is 3. The third-order valence-electron chi connectivity index (χ3n) is 2.79. The Kier molecular flexibility index (Phi) is 3.84. The Morgan fingerprint density at radius 3 is 2.78 bits per heavy atom. The van der Waals surface area contributed by atoms with Gasteiger partial charge in [0.15, 0.2) is 5.82 Å². The number of hydrogen-bond acceptors (Lipinski definition) is 4. The van der Waals surface area contributed by atoms with Crippen LogP contribution in [0.25, 0.3) is 0 Å². The van der Waals surface area contributed by atoms with Crippen molar-refractivity contribution in [3.8, 4) is 5.75 Å². The van der Waals surface area contributed by atoms with E-state index in [-0.39, 0.29) is 0 Å². The molecule has 96 valence electrons. The Morgan fingerprint density at radius 2 is 2.17 bits per heavy atom. The van der Waals surface area contributed by atoms with E-state index in [4.69, 9.17) is 22.1 Å². The van der Waals surface area contributed by atoms with E-state index in [2.05, 4.69) is 10.2 Å². The molecule has 0 fully saturated rings. The molecule has 18 heavy (non-hydrogen) atoms. The van der Waals surface area contributed by atoms with E-state index >= 15 is 0 Å². The van der Waals surface area contributed by atoms with Crippen molar-refractivity contribution >= 4 is 11.6 Å². The Balaban J connectivity index is 2.15. The van der Waals surface area contributed by atoms with Gasteiger partial charge in [0.1, 0.15) is 18.2 Å². The molecule has 0 bridgehead atoms. The number of nitrogens with two attached hydrogens (primary N) is 1. The molecule has 0 aliphatic carbocycles. The van der Waals surface area contributed by atoms with Crippen LogP contribution >= 0.6 is 11.6 Å². The zero-order valence-corrected chi connectivity index (χ0v) is 11.1. The van der Waals surface area contributed by atoms with Crippen molar-refractivity contribution in [2.45, 2.75) is 20.1 Å². The first-order valence-corrected chi connectivity index (χ1v) is 5.95. The van der Waals surface area contributed by atoms with Crippen LogP contribution in [0.15, 0.2) is 18.2 Å². The lowest BCUT2D eigenvalue weighted by molar-refractivity contribution is 0.288. The van der Waals surface area contributed by atoms with Crippen molar-refractivity contribution < 1.29 is 4.74 Å². The molecule has 1 aromatic heterocycles. The Bertz CT molecular complexity index is 553. The molecule has 2 rings (SSSR count). The third kappa shape index (κ3) is 2.63. The van der Waals surface area contributed by atoms with Crippen LogP contribution in [0.2, 0.25) is 5.02 Å². The van der Waals surface area contributed by atoms with E-state index in [9.17, 15) is 0 Å². The summed E-state index contributed by atoms with van der Waals surface area (Å²) < 4.78 is 7.58. The summed E-state index contributed by atoms with van der Waals surface area (Å²) in [6, 6.07) is 5.41. The largest absolute Gasteiger partial charge is 0.485 e. The van der Waals surface area contributed by atoms with Crippen LogP contribution in [0.5, 0.6) is 5.75 Å². The molecule has 6 heteroatoms. The maximum absolute atomic E-state index is 5.94. The highest BCUT2D eigenvalue weighted by Gasteiger charge is 2.08. The molecule has 0 aliphatic rings. The first-order valence-electron chi connectivity index (χ1n) is 5.58. The van der Waals surface area contributed by atoms with Gasteiger partial charge in [0.05, 0.1) is 0 Å². The van der Waals surface area contributed by atoms with Crippen molar-refractivity contribution in [2.24, 2.45) is 12.8 Å². The Morgan fingerprint density at radius 1 is 1.39 bits per heavy atom. The molecule has 0 atom stereocenters. The minimum atomic E-state index is 0.338. The van der Waals surface area contributed by atoms with Gasteiger partial charge in [-0.05, 0) is 19.1 Å². The standard InChI is InChI=1S/C12H15ClN4O/c1-8-15-16-12(17(8)2)7-18-11-5-10(13)4-3-9(11)6-14/h3-5H,6-7,14H2,1-2H3. The van der Waals surface area contributed by atoms with E-state index in [0.717, 1.165) is 17.2 Å². The van der Waals surface area contributed by atoms with Crippen molar-refractivity contribution in [1.29, 1.82) is 0 Å². The molecule has 0 unspecified atom stereocenters. The number of rotatable bonds is 4. The fraction of sp³-hybridized carbons (Fsp3) is 0.333. The van der Waals surface area contributed by atoms with Crippen LogP contribution in [0.4, 0.5) is 0 Å². The van der Waals surface area contributed by atoms with E-state index in [1.807, 2.05) is 24.6 Å². The monoisotopic (exact) mass is 266 g/mol. The Labute approximate surface area is 111 Å². The summed E-state index contributed by atoms with van der Waals surface area (Å²) in [5.74, 6) is 2.29. The smallest absolute Gasteiger partial charge is 0.170 e. The second-order valence-corrected chi connectivity index (χ2v) is 4.40. The zero-order chi connectivity index (χ0) is 13.1. The molecule has 1 aromatic carbocycles. The number of halogens is 1. The molecule has 0 spiro atoms. The highest BCUT2D eigenvalue weighted by Crippen LogP contribution is 2.23. The van der Waals surface area contributed by atoms with Gasteiger partial charge in [0.2, 0.25) is 0 Å². The molecule has 0 amide bonds. The van der Waals surface area contributed by atoms with Crippen molar-refractivity contribution in [3.63, 3.8) is 0 Å². The van der Waals surface area contributed by atoms with E-state index in [1.54, 1.807) is 12.1 Å². The van der Waals surface area contributed by atoms with Crippen LogP contribution in [0.3, 0.4) is 0 Å². The van der Waals surface area contributed by atoms with Gasteiger partial charge in [-0.15, -0.1) is 10.2 Å². The van der Waals surface area contributed by atoms with Crippen LogP contribution in [-0.2, 0) is 20.2 Å². The number of nitrogens with zero attached hydrogens (tertiary/aromatic N) is 3. The topological polar surface area (TPSA) is 66.0 Å². The van der Waals surface area contributed by atoms with Crippen LogP contribution in [0.1, 0.15) is 17.2 Å². The molecule has 0 aliphatic heterocycles. The van der Waals surface area contributed by atoms with Gasteiger partial charge >= 0.3 is 0 Å². The molecule has 2 N–H and O–H groups in total. The summed E-state index contributed by atoms with van der Waals surface area (Å²) >= 11 is 5.94. The quantitative estimate of drug-likeness (QED) is 0.917. The molecule has 1 heterocycles. The second-order valence-electron chi connectivity index (χ2n) is 3.97. The van der Waals surface area contributed by atoms with Crippen LogP contribution < -0.4 is 10.5 Å². The average molecular weight is 267 g/mol. The van der Waals surface area contributed by atoms with E-state index < -0.39 is 0 Å². The van der Waals surface area contributed by atoms with Crippen molar-refractivity contribution in [2.75, 3.05) is 0 Å². The normalized spacial score (nSPS) is 10.7. The molecule has 0 radical (unpaired) electrons. The lowest BCUT2D eigenvalue weighted by atomic mass is 10.2. The van der Waals surface area contributed by atoms with E-state index in [1.165, 1.54) is 0 Å². The maximum Gasteiger partial charge on any atom is 0.170 e. The maximum atomic E-state index is 5.94. The predicted octanol–water partition coefficient (Wildman–Crippen LogP) is 1.81. The third-order valence-corrected chi connectivity index (χ3v) is 3.02. The number of aryl methyl sites for hydroxylation is 1. The summed E-state index contributed by atoms with van der Waals surface area (Å²) in [6.07, 6.45) is 0. The van der Waals surface area contributed by atoms with Gasteiger partial charge in [0, 0.05) is 24.2 Å². The summed E-state index contributed by atoms with van der Waals surface area (Å²) in [5.41, 5.74) is 6.56. The molecular formula is C12H15ClN4O. The first kappa shape index (κ1) is 12.9. The zero-order valence-electron chi connectivity index (χ0n) is 10.4. The molecule has 2 aromatic rings. The fourth-order valence-electron chi connectivity index (χ4n) is 1.55. The second kappa shape index (κ2) is 5.37. The van der Waals surface area contributed by atoms with Gasteiger partial charge in [0.25, 0.3) is 0 Å². The minimum Gasteiger partial charge on any atom is -0.485 e. The van der Waals surface area contributed by atoms with Crippen molar-refractivity contribution in [1.82, 2.24) is 14.8 Å². The minimum absolute atomic E-state index is 0.338. The highest BCUT2D eigenvalue weighted by atomic mass is 35.5. The number of benzene rings is 1. The van der Waals surface area contributed by atoms with Gasteiger partial charge < -0.3 is 15.0 Å². The molecule has 0 saturated carbocycles. The van der Waals surface area contributed by atoms with Gasteiger partial charge in [-0.25, -0.2) is 0 Å². The molecular weight excluding hydrogens is 252 g/mol. The SMILES string of the molecule is Cc1nnc(COc2cc(Cl)ccc2CN)n1C. The summed E-state index contributed by atoms with van der Waals surface area (Å²) in [7, 11) is 1.90.